The molecule has 0 bridgehead atoms. The third kappa shape index (κ3) is 4.42. The molecule has 0 unspecified atom stereocenters. The number of hydrazone groups is 1. The lowest BCUT2D eigenvalue weighted by Crippen LogP contribution is -2.24. The van der Waals surface area contributed by atoms with Gasteiger partial charge in [-0.1, -0.05) is 29.8 Å². The van der Waals surface area contributed by atoms with Crippen molar-refractivity contribution in [3.8, 4) is 0 Å². The van der Waals surface area contributed by atoms with Gasteiger partial charge in [-0.3, -0.25) is 4.79 Å². The second-order valence-corrected chi connectivity index (χ2v) is 6.77. The Kier molecular flexibility index (Phi) is 6.13. The van der Waals surface area contributed by atoms with Crippen LogP contribution in [0, 0.1) is 13.8 Å². The Morgan fingerprint density at radius 2 is 1.93 bits per heavy atom. The van der Waals surface area contributed by atoms with Crippen LogP contribution in [0.1, 0.15) is 58.3 Å². The van der Waals surface area contributed by atoms with Crippen LogP contribution in [-0.2, 0) is 17.7 Å². The number of fused-ring (bicyclic) bond motifs is 1. The third-order valence-corrected chi connectivity index (χ3v) is 4.66. The molecule has 2 N–H and O–H groups in total. The summed E-state index contributed by atoms with van der Waals surface area (Å²) in [6.45, 7) is 6.30. The summed E-state index contributed by atoms with van der Waals surface area (Å²) in [5, 5.41) is 7.08. The van der Waals surface area contributed by atoms with Gasteiger partial charge in [-0.15, -0.1) is 0 Å². The zero-order valence-corrected chi connectivity index (χ0v) is 16.4. The lowest BCUT2D eigenvalue weighted by atomic mass is 9.93. The van der Waals surface area contributed by atoms with Gasteiger partial charge in [-0.05, 0) is 39.2 Å². The molecule has 1 aliphatic rings. The Balaban J connectivity index is 1.75. The van der Waals surface area contributed by atoms with Gasteiger partial charge >= 0.3 is 6.09 Å². The number of ether oxygens (including phenoxy) is 1. The highest BCUT2D eigenvalue weighted by Crippen LogP contribution is 2.29. The SMILES string of the molecule is CCOC(=O)N/N=C1\CCCc2oc(C(=O)NCc3ccc(C)cc3)c(C)c21. The first-order chi connectivity index (χ1) is 13.5. The summed E-state index contributed by atoms with van der Waals surface area (Å²) in [6.07, 6.45) is 1.68. The quantitative estimate of drug-likeness (QED) is 0.772. The third-order valence-electron chi connectivity index (χ3n) is 4.66. The maximum atomic E-state index is 12.6. The van der Waals surface area contributed by atoms with Gasteiger partial charge in [0.05, 0.1) is 12.3 Å². The van der Waals surface area contributed by atoms with E-state index in [1.807, 2.05) is 38.1 Å². The first-order valence-corrected chi connectivity index (χ1v) is 9.45. The molecular weight excluding hydrogens is 358 g/mol. The van der Waals surface area contributed by atoms with Gasteiger partial charge < -0.3 is 14.5 Å². The minimum Gasteiger partial charge on any atom is -0.455 e. The van der Waals surface area contributed by atoms with E-state index >= 15 is 0 Å². The van der Waals surface area contributed by atoms with Gasteiger partial charge in [0, 0.05) is 24.1 Å². The number of hydrogen-bond donors (Lipinski definition) is 2. The van der Waals surface area contributed by atoms with Crippen LogP contribution in [0.15, 0.2) is 33.8 Å². The first kappa shape index (κ1) is 19.7. The molecule has 0 aliphatic heterocycles. The normalized spacial score (nSPS) is 14.5. The number of hydrogen-bond acceptors (Lipinski definition) is 5. The minimum absolute atomic E-state index is 0.259. The second kappa shape index (κ2) is 8.73. The number of furan rings is 1. The second-order valence-electron chi connectivity index (χ2n) is 6.77. The molecule has 0 fully saturated rings. The van der Waals surface area contributed by atoms with Crippen molar-refractivity contribution in [2.75, 3.05) is 6.61 Å². The molecule has 7 heteroatoms. The number of amides is 2. The van der Waals surface area contributed by atoms with E-state index in [0.29, 0.717) is 24.4 Å². The largest absolute Gasteiger partial charge is 0.455 e. The monoisotopic (exact) mass is 383 g/mol. The van der Waals surface area contributed by atoms with Gasteiger partial charge in [0.1, 0.15) is 5.76 Å². The van der Waals surface area contributed by atoms with Gasteiger partial charge in [-0.25, -0.2) is 10.2 Å². The van der Waals surface area contributed by atoms with Crippen LogP contribution in [0.2, 0.25) is 0 Å². The minimum atomic E-state index is -0.598. The topological polar surface area (TPSA) is 92.9 Å². The van der Waals surface area contributed by atoms with Crippen LogP contribution >= 0.6 is 0 Å². The molecule has 0 saturated carbocycles. The molecule has 0 saturated heterocycles. The lowest BCUT2D eigenvalue weighted by molar-refractivity contribution is 0.0920. The van der Waals surface area contributed by atoms with Gasteiger partial charge in [0.25, 0.3) is 5.91 Å². The standard InChI is InChI=1S/C21H25N3O4/c1-4-27-21(26)24-23-16-6-5-7-17-18(16)14(3)19(28-17)20(25)22-12-15-10-8-13(2)9-11-15/h8-11H,4-7,12H2,1-3H3,(H,22,25)(H,24,26)/b23-16+. The Hall–Kier alpha value is -3.09. The summed E-state index contributed by atoms with van der Waals surface area (Å²) < 4.78 is 10.7. The molecule has 0 spiro atoms. The zero-order valence-electron chi connectivity index (χ0n) is 16.4. The van der Waals surface area contributed by atoms with E-state index in [4.69, 9.17) is 9.15 Å². The van der Waals surface area contributed by atoms with Crippen LogP contribution in [0.4, 0.5) is 4.79 Å². The number of rotatable bonds is 5. The maximum Gasteiger partial charge on any atom is 0.427 e. The highest BCUT2D eigenvalue weighted by Gasteiger charge is 2.28. The predicted molar refractivity (Wildman–Crippen MR) is 105 cm³/mol. The summed E-state index contributed by atoms with van der Waals surface area (Å²) in [5.41, 5.74) is 6.84. The highest BCUT2D eigenvalue weighted by molar-refractivity contribution is 6.06. The van der Waals surface area contributed by atoms with Crippen molar-refractivity contribution in [1.82, 2.24) is 10.7 Å². The van der Waals surface area contributed by atoms with E-state index in [1.165, 1.54) is 5.56 Å². The Bertz CT molecular complexity index is 897. The Morgan fingerprint density at radius 1 is 1.18 bits per heavy atom. The molecule has 28 heavy (non-hydrogen) atoms. The molecule has 7 nitrogen and oxygen atoms in total. The van der Waals surface area contributed by atoms with Crippen LogP contribution < -0.4 is 10.7 Å². The number of benzene rings is 1. The molecule has 1 aromatic carbocycles. The average molecular weight is 383 g/mol. The number of aryl methyl sites for hydroxylation is 2. The van der Waals surface area contributed by atoms with Crippen molar-refractivity contribution in [3.05, 3.63) is 58.0 Å². The van der Waals surface area contributed by atoms with Crippen molar-refractivity contribution in [3.63, 3.8) is 0 Å². The summed E-state index contributed by atoms with van der Waals surface area (Å²) in [6, 6.07) is 8.00. The molecule has 2 aromatic rings. The van der Waals surface area contributed by atoms with E-state index in [9.17, 15) is 9.59 Å². The molecule has 1 aromatic heterocycles. The number of carbonyl (C=O) groups excluding carboxylic acids is 2. The van der Waals surface area contributed by atoms with Crippen molar-refractivity contribution in [2.45, 2.75) is 46.6 Å². The van der Waals surface area contributed by atoms with Crippen LogP contribution in [0.25, 0.3) is 0 Å². The van der Waals surface area contributed by atoms with E-state index in [0.717, 1.165) is 35.3 Å². The number of carbonyl (C=O) groups is 2. The molecule has 3 rings (SSSR count). The summed E-state index contributed by atoms with van der Waals surface area (Å²) >= 11 is 0. The van der Waals surface area contributed by atoms with E-state index in [-0.39, 0.29) is 12.5 Å². The maximum absolute atomic E-state index is 12.6. The fourth-order valence-electron chi connectivity index (χ4n) is 3.24. The number of nitrogens with one attached hydrogen (secondary N) is 2. The average Bonchev–Trinajstić information content (AvgIpc) is 3.03. The van der Waals surface area contributed by atoms with Crippen LogP contribution in [-0.4, -0.2) is 24.3 Å². The fourth-order valence-corrected chi connectivity index (χ4v) is 3.24. The molecule has 0 atom stereocenters. The van der Waals surface area contributed by atoms with Crippen LogP contribution in [0.5, 0.6) is 0 Å². The zero-order chi connectivity index (χ0) is 20.1. The van der Waals surface area contributed by atoms with Gasteiger partial charge in [-0.2, -0.15) is 5.10 Å². The summed E-state index contributed by atoms with van der Waals surface area (Å²) in [4.78, 5) is 24.2. The molecular formula is C21H25N3O4. The van der Waals surface area contributed by atoms with E-state index in [2.05, 4.69) is 15.8 Å². The number of nitrogens with zero attached hydrogens (tertiary/aromatic N) is 1. The van der Waals surface area contributed by atoms with Crippen molar-refractivity contribution in [1.29, 1.82) is 0 Å². The molecule has 2 amide bonds. The van der Waals surface area contributed by atoms with Gasteiger partial charge in [0.2, 0.25) is 0 Å². The Labute approximate surface area is 164 Å². The highest BCUT2D eigenvalue weighted by atomic mass is 16.5. The van der Waals surface area contributed by atoms with Crippen molar-refractivity contribution < 1.29 is 18.7 Å². The Morgan fingerprint density at radius 3 is 2.64 bits per heavy atom. The molecule has 148 valence electrons. The van der Waals surface area contributed by atoms with Gasteiger partial charge in [0.15, 0.2) is 5.76 Å². The smallest absolute Gasteiger partial charge is 0.427 e. The fraction of sp³-hybridized carbons (Fsp3) is 0.381. The first-order valence-electron chi connectivity index (χ1n) is 9.45. The summed E-state index contributed by atoms with van der Waals surface area (Å²) in [5.74, 6) is 0.765. The van der Waals surface area contributed by atoms with Crippen molar-refractivity contribution >= 4 is 17.7 Å². The predicted octanol–water partition coefficient (Wildman–Crippen LogP) is 3.61. The van der Waals surface area contributed by atoms with Crippen LogP contribution in [0.3, 0.4) is 0 Å². The molecule has 1 aliphatic carbocycles. The molecule has 0 radical (unpaired) electrons. The van der Waals surface area contributed by atoms with E-state index in [1.54, 1.807) is 6.92 Å². The summed E-state index contributed by atoms with van der Waals surface area (Å²) in [7, 11) is 0. The van der Waals surface area contributed by atoms with Crippen molar-refractivity contribution in [2.24, 2.45) is 5.10 Å². The molecule has 1 heterocycles. The van der Waals surface area contributed by atoms with E-state index < -0.39 is 6.09 Å². The lowest BCUT2D eigenvalue weighted by Gasteiger charge is -2.13.